The maximum Gasteiger partial charge on any atom is 0.407 e. The molecule has 7 nitrogen and oxygen atoms in total. The molecule has 0 saturated heterocycles. The summed E-state index contributed by atoms with van der Waals surface area (Å²) in [5, 5.41) is 14.5. The zero-order chi connectivity index (χ0) is 23.5. The third-order valence-corrected chi connectivity index (χ3v) is 5.69. The molecule has 0 unspecified atom stereocenters. The fraction of sp³-hybridized carbons (Fsp3) is 0.400. The van der Waals surface area contributed by atoms with Gasteiger partial charge >= 0.3 is 12.1 Å². The molecule has 1 aliphatic carbocycles. The van der Waals surface area contributed by atoms with Crippen molar-refractivity contribution in [3.05, 3.63) is 59.7 Å². The monoisotopic (exact) mass is 438 g/mol. The summed E-state index contributed by atoms with van der Waals surface area (Å²) in [6.45, 7) is 6.70. The van der Waals surface area contributed by atoms with Crippen LogP contribution in [0, 0.1) is 5.41 Å². The van der Waals surface area contributed by atoms with Gasteiger partial charge in [-0.3, -0.25) is 9.59 Å². The third-order valence-electron chi connectivity index (χ3n) is 5.69. The van der Waals surface area contributed by atoms with E-state index in [1.807, 2.05) is 36.4 Å². The smallest absolute Gasteiger partial charge is 0.407 e. The van der Waals surface area contributed by atoms with E-state index in [4.69, 9.17) is 9.84 Å². The lowest BCUT2D eigenvalue weighted by atomic mass is 9.93. The van der Waals surface area contributed by atoms with E-state index in [9.17, 15) is 14.4 Å². The Kier molecular flexibility index (Phi) is 6.57. The molecule has 0 bridgehead atoms. The van der Waals surface area contributed by atoms with E-state index in [1.54, 1.807) is 13.8 Å². The number of aliphatic carboxylic acids is 1. The minimum atomic E-state index is -1.07. The number of rotatable bonds is 8. The van der Waals surface area contributed by atoms with E-state index in [-0.39, 0.29) is 31.4 Å². The second-order valence-corrected chi connectivity index (χ2v) is 9.48. The van der Waals surface area contributed by atoms with E-state index in [0.29, 0.717) is 0 Å². The number of hydrogen-bond acceptors (Lipinski definition) is 4. The van der Waals surface area contributed by atoms with Crippen molar-refractivity contribution in [3.8, 4) is 11.1 Å². The van der Waals surface area contributed by atoms with Crippen LogP contribution in [-0.2, 0) is 14.3 Å². The summed E-state index contributed by atoms with van der Waals surface area (Å²) in [7, 11) is 0. The summed E-state index contributed by atoms with van der Waals surface area (Å²) in [4.78, 5) is 35.9. The summed E-state index contributed by atoms with van der Waals surface area (Å²) < 4.78 is 5.54. The van der Waals surface area contributed by atoms with Crippen LogP contribution < -0.4 is 10.6 Å². The summed E-state index contributed by atoms with van der Waals surface area (Å²) >= 11 is 0. The maximum atomic E-state index is 12.5. The number of amides is 2. The largest absolute Gasteiger partial charge is 0.481 e. The van der Waals surface area contributed by atoms with Gasteiger partial charge in [0.2, 0.25) is 5.91 Å². The quantitative estimate of drug-likeness (QED) is 0.579. The summed E-state index contributed by atoms with van der Waals surface area (Å²) in [6.07, 6.45) is -0.608. The van der Waals surface area contributed by atoms with Gasteiger partial charge in [-0.25, -0.2) is 4.79 Å². The highest BCUT2D eigenvalue weighted by Gasteiger charge is 2.31. The number of ether oxygens (including phenoxy) is 1. The van der Waals surface area contributed by atoms with Gasteiger partial charge in [0.15, 0.2) is 0 Å². The van der Waals surface area contributed by atoms with Gasteiger partial charge in [0.1, 0.15) is 6.61 Å². The van der Waals surface area contributed by atoms with Gasteiger partial charge in [-0.2, -0.15) is 0 Å². The minimum absolute atomic E-state index is 0.00217. The molecule has 2 aromatic carbocycles. The normalized spacial score (nSPS) is 13.1. The van der Waals surface area contributed by atoms with Crippen molar-refractivity contribution in [2.75, 3.05) is 13.2 Å². The molecule has 0 spiro atoms. The van der Waals surface area contributed by atoms with Gasteiger partial charge in [0.25, 0.3) is 0 Å². The molecule has 0 aromatic heterocycles. The minimum Gasteiger partial charge on any atom is -0.481 e. The van der Waals surface area contributed by atoms with Gasteiger partial charge in [0, 0.05) is 24.4 Å². The standard InChI is InChI=1S/C25H30N2O5/c1-24(2,22(29)30)15-26-21(28)13-25(3,4)27-23(31)32-14-20-18-11-7-5-9-16(18)17-10-6-8-12-19(17)20/h5-12,20H,13-15H2,1-4H3,(H,26,28)(H,27,31)(H,29,30). The molecule has 0 fully saturated rings. The van der Waals surface area contributed by atoms with Crippen LogP contribution in [0.4, 0.5) is 4.79 Å². The average Bonchev–Trinajstić information content (AvgIpc) is 3.04. The van der Waals surface area contributed by atoms with Crippen LogP contribution in [-0.4, -0.2) is 41.8 Å². The average molecular weight is 439 g/mol. The number of benzene rings is 2. The molecule has 0 atom stereocenters. The number of fused-ring (bicyclic) bond motifs is 3. The Labute approximate surface area is 188 Å². The number of carbonyl (C=O) groups excluding carboxylic acids is 2. The number of hydrogen-bond donors (Lipinski definition) is 3. The van der Waals surface area contributed by atoms with Crippen LogP contribution in [0.25, 0.3) is 11.1 Å². The Morgan fingerprint density at radius 3 is 2.00 bits per heavy atom. The van der Waals surface area contributed by atoms with Crippen molar-refractivity contribution in [3.63, 3.8) is 0 Å². The highest BCUT2D eigenvalue weighted by molar-refractivity contribution is 5.81. The van der Waals surface area contributed by atoms with Crippen LogP contribution in [0.2, 0.25) is 0 Å². The van der Waals surface area contributed by atoms with Crippen LogP contribution in [0.15, 0.2) is 48.5 Å². The Morgan fingerprint density at radius 2 is 1.47 bits per heavy atom. The van der Waals surface area contributed by atoms with Crippen LogP contribution in [0.5, 0.6) is 0 Å². The summed E-state index contributed by atoms with van der Waals surface area (Å²) in [6, 6.07) is 16.2. The van der Waals surface area contributed by atoms with Gasteiger partial charge in [-0.05, 0) is 49.9 Å². The highest BCUT2D eigenvalue weighted by atomic mass is 16.5. The summed E-state index contributed by atoms with van der Waals surface area (Å²) in [5.74, 6) is -1.38. The van der Waals surface area contributed by atoms with Crippen molar-refractivity contribution >= 4 is 18.0 Å². The molecule has 0 saturated carbocycles. The predicted octanol–water partition coefficient (Wildman–Crippen LogP) is 3.92. The molecular weight excluding hydrogens is 408 g/mol. The molecule has 2 aromatic rings. The van der Waals surface area contributed by atoms with E-state index in [2.05, 4.69) is 22.8 Å². The first-order valence-corrected chi connectivity index (χ1v) is 10.6. The maximum absolute atomic E-state index is 12.5. The molecule has 1 aliphatic rings. The molecule has 2 amide bonds. The highest BCUT2D eigenvalue weighted by Crippen LogP contribution is 2.44. The van der Waals surface area contributed by atoms with Crippen LogP contribution in [0.3, 0.4) is 0 Å². The fourth-order valence-electron chi connectivity index (χ4n) is 3.81. The van der Waals surface area contributed by atoms with Crippen LogP contribution in [0.1, 0.15) is 51.2 Å². The Balaban J connectivity index is 1.55. The Bertz CT molecular complexity index is 983. The lowest BCUT2D eigenvalue weighted by Gasteiger charge is -2.27. The van der Waals surface area contributed by atoms with E-state index >= 15 is 0 Å². The molecule has 0 radical (unpaired) electrons. The van der Waals surface area contributed by atoms with Crippen molar-refractivity contribution in [1.29, 1.82) is 0 Å². The van der Waals surface area contributed by atoms with Crippen molar-refractivity contribution < 1.29 is 24.2 Å². The number of nitrogens with one attached hydrogen (secondary N) is 2. The molecule has 3 N–H and O–H groups in total. The Morgan fingerprint density at radius 1 is 0.938 bits per heavy atom. The molecule has 170 valence electrons. The molecule has 7 heteroatoms. The Hall–Kier alpha value is -3.35. The van der Waals surface area contributed by atoms with E-state index in [0.717, 1.165) is 22.3 Å². The number of carboxylic acid groups (broad SMARTS) is 1. The zero-order valence-electron chi connectivity index (χ0n) is 18.9. The number of carbonyl (C=O) groups is 3. The zero-order valence-corrected chi connectivity index (χ0v) is 18.9. The molecule has 0 aliphatic heterocycles. The molecule has 0 heterocycles. The predicted molar refractivity (Wildman–Crippen MR) is 121 cm³/mol. The lowest BCUT2D eigenvalue weighted by molar-refractivity contribution is -0.146. The first kappa shape index (κ1) is 23.3. The van der Waals surface area contributed by atoms with Gasteiger partial charge in [-0.1, -0.05) is 48.5 Å². The summed E-state index contributed by atoms with van der Waals surface area (Å²) in [5.41, 5.74) is 2.62. The fourth-order valence-corrected chi connectivity index (χ4v) is 3.81. The van der Waals surface area contributed by atoms with Crippen molar-refractivity contribution in [2.24, 2.45) is 5.41 Å². The first-order valence-electron chi connectivity index (χ1n) is 10.6. The molecule has 3 rings (SSSR count). The first-order chi connectivity index (χ1) is 15.0. The number of carboxylic acids is 1. The molecular formula is C25H30N2O5. The molecule has 32 heavy (non-hydrogen) atoms. The second-order valence-electron chi connectivity index (χ2n) is 9.48. The SMILES string of the molecule is CC(C)(CC(=O)NCC(C)(C)C(=O)O)NC(=O)OCC1c2ccccc2-c2ccccc21. The van der Waals surface area contributed by atoms with Gasteiger partial charge < -0.3 is 20.5 Å². The lowest BCUT2D eigenvalue weighted by Crippen LogP contribution is -2.48. The van der Waals surface area contributed by atoms with Crippen LogP contribution >= 0.6 is 0 Å². The van der Waals surface area contributed by atoms with E-state index in [1.165, 1.54) is 13.8 Å². The second kappa shape index (κ2) is 9.02. The topological polar surface area (TPSA) is 105 Å². The van der Waals surface area contributed by atoms with Crippen molar-refractivity contribution in [2.45, 2.75) is 45.6 Å². The van der Waals surface area contributed by atoms with Gasteiger partial charge in [-0.15, -0.1) is 0 Å². The van der Waals surface area contributed by atoms with E-state index < -0.39 is 23.0 Å². The van der Waals surface area contributed by atoms with Crippen molar-refractivity contribution in [1.82, 2.24) is 10.6 Å². The third kappa shape index (κ3) is 5.28. The number of alkyl carbamates (subject to hydrolysis) is 1. The van der Waals surface area contributed by atoms with Gasteiger partial charge in [0.05, 0.1) is 5.41 Å².